The van der Waals surface area contributed by atoms with Crippen molar-refractivity contribution in [2.45, 2.75) is 51.6 Å². The first-order chi connectivity index (χ1) is 9.11. The van der Waals surface area contributed by atoms with Crippen LogP contribution < -0.4 is 10.9 Å². The van der Waals surface area contributed by atoms with Crippen LogP contribution in [0.1, 0.15) is 45.6 Å². The van der Waals surface area contributed by atoms with Crippen LogP contribution in [0.3, 0.4) is 0 Å². The monoisotopic (exact) mass is 283 g/mol. The lowest BCUT2D eigenvalue weighted by molar-refractivity contribution is 0.361. The molecule has 19 heavy (non-hydrogen) atoms. The molecule has 106 valence electrons. The van der Waals surface area contributed by atoms with Crippen LogP contribution in [0.4, 0.5) is 5.82 Å². The molecule has 4 nitrogen and oxygen atoms in total. The van der Waals surface area contributed by atoms with E-state index in [2.05, 4.69) is 10.3 Å². The van der Waals surface area contributed by atoms with E-state index < -0.39 is 0 Å². The molecule has 5 heteroatoms. The van der Waals surface area contributed by atoms with Crippen LogP contribution in [0.15, 0.2) is 17.2 Å². The number of nitrogens with one attached hydrogen (secondary N) is 1. The Labute approximate surface area is 119 Å². The molecule has 1 aromatic heterocycles. The minimum atomic E-state index is -0.0366. The summed E-state index contributed by atoms with van der Waals surface area (Å²) in [5.74, 6) is 1.73. The molecule has 0 aliphatic heterocycles. The van der Waals surface area contributed by atoms with E-state index in [0.717, 1.165) is 12.8 Å². The van der Waals surface area contributed by atoms with Gasteiger partial charge in [0, 0.05) is 30.4 Å². The van der Waals surface area contributed by atoms with Gasteiger partial charge in [-0.15, -0.1) is 11.6 Å². The summed E-state index contributed by atoms with van der Waals surface area (Å²) in [6.45, 7) is 3.99. The van der Waals surface area contributed by atoms with Crippen molar-refractivity contribution in [2.75, 3.05) is 11.2 Å². The smallest absolute Gasteiger partial charge is 0.293 e. The summed E-state index contributed by atoms with van der Waals surface area (Å²) in [6, 6.07) is 0.471. The zero-order chi connectivity index (χ0) is 13.8. The summed E-state index contributed by atoms with van der Waals surface area (Å²) in [6.07, 6.45) is 7.90. The van der Waals surface area contributed by atoms with E-state index in [-0.39, 0.29) is 11.6 Å². The van der Waals surface area contributed by atoms with Gasteiger partial charge in [0.15, 0.2) is 5.82 Å². The fraction of sp³-hybridized carbons (Fsp3) is 0.714. The van der Waals surface area contributed by atoms with Gasteiger partial charge in [-0.1, -0.05) is 6.42 Å². The zero-order valence-electron chi connectivity index (χ0n) is 11.6. The number of nitrogens with zero attached hydrogens (tertiary/aromatic N) is 2. The molecule has 0 aromatic carbocycles. The largest absolute Gasteiger partial charge is 0.363 e. The normalized spacial score (nSPS) is 23.6. The summed E-state index contributed by atoms with van der Waals surface area (Å²) < 4.78 is 1.71. The number of halogens is 1. The molecule has 1 aliphatic rings. The average molecular weight is 284 g/mol. The topological polar surface area (TPSA) is 46.9 Å². The Morgan fingerprint density at radius 2 is 2.32 bits per heavy atom. The molecule has 0 amide bonds. The minimum Gasteiger partial charge on any atom is -0.363 e. The summed E-state index contributed by atoms with van der Waals surface area (Å²) >= 11 is 5.94. The quantitative estimate of drug-likeness (QED) is 0.864. The Balaban J connectivity index is 2.11. The Hall–Kier alpha value is -1.03. The average Bonchev–Trinajstić information content (AvgIpc) is 2.41. The van der Waals surface area contributed by atoms with Crippen molar-refractivity contribution in [1.29, 1.82) is 0 Å². The van der Waals surface area contributed by atoms with Crippen molar-refractivity contribution >= 4 is 17.4 Å². The lowest BCUT2D eigenvalue weighted by Crippen LogP contribution is -2.33. The maximum absolute atomic E-state index is 12.2. The highest BCUT2D eigenvalue weighted by Crippen LogP contribution is 2.26. The van der Waals surface area contributed by atoms with Gasteiger partial charge in [-0.2, -0.15) is 0 Å². The molecule has 0 saturated heterocycles. The van der Waals surface area contributed by atoms with E-state index in [1.165, 1.54) is 12.8 Å². The molecule has 1 aliphatic carbocycles. The fourth-order valence-electron chi connectivity index (χ4n) is 2.69. The van der Waals surface area contributed by atoms with Crippen LogP contribution >= 0.6 is 11.6 Å². The maximum atomic E-state index is 12.2. The van der Waals surface area contributed by atoms with Crippen LogP contribution in [0, 0.1) is 5.92 Å². The molecular weight excluding hydrogens is 262 g/mol. The third-order valence-electron chi connectivity index (χ3n) is 3.77. The van der Waals surface area contributed by atoms with E-state index >= 15 is 0 Å². The van der Waals surface area contributed by atoms with Crippen molar-refractivity contribution in [1.82, 2.24) is 9.55 Å². The van der Waals surface area contributed by atoms with Gasteiger partial charge < -0.3 is 9.88 Å². The predicted octanol–water partition coefficient (Wildman–Crippen LogP) is 3.03. The number of anilines is 1. The van der Waals surface area contributed by atoms with Crippen molar-refractivity contribution in [3.8, 4) is 0 Å². The highest BCUT2D eigenvalue weighted by atomic mass is 35.5. The van der Waals surface area contributed by atoms with Gasteiger partial charge in [0.25, 0.3) is 5.56 Å². The highest BCUT2D eigenvalue weighted by Gasteiger charge is 2.22. The minimum absolute atomic E-state index is 0.0366. The van der Waals surface area contributed by atoms with Crippen LogP contribution in [0.5, 0.6) is 0 Å². The second kappa shape index (κ2) is 6.42. The van der Waals surface area contributed by atoms with Crippen LogP contribution in [0.25, 0.3) is 0 Å². The molecule has 1 aromatic rings. The second-order valence-corrected chi connectivity index (χ2v) is 5.92. The molecule has 1 saturated carbocycles. The van der Waals surface area contributed by atoms with Crippen molar-refractivity contribution in [3.63, 3.8) is 0 Å². The first kappa shape index (κ1) is 14.4. The molecule has 0 radical (unpaired) electrons. The number of hydrogen-bond acceptors (Lipinski definition) is 3. The molecule has 0 bridgehead atoms. The predicted molar refractivity (Wildman–Crippen MR) is 79.0 cm³/mol. The lowest BCUT2D eigenvalue weighted by atomic mass is 9.87. The van der Waals surface area contributed by atoms with E-state index in [4.69, 9.17) is 11.6 Å². The number of rotatable bonds is 4. The molecule has 2 unspecified atom stereocenters. The molecular formula is C14H22ClN3O. The van der Waals surface area contributed by atoms with Gasteiger partial charge in [0.2, 0.25) is 0 Å². The van der Waals surface area contributed by atoms with Crippen LogP contribution in [-0.4, -0.2) is 21.5 Å². The van der Waals surface area contributed by atoms with Gasteiger partial charge in [-0.25, -0.2) is 4.98 Å². The molecule has 1 heterocycles. The Kier molecular flexibility index (Phi) is 4.86. The number of hydrogen-bond donors (Lipinski definition) is 1. The van der Waals surface area contributed by atoms with Crippen LogP contribution in [0.2, 0.25) is 0 Å². The Morgan fingerprint density at radius 3 is 3.00 bits per heavy atom. The van der Waals surface area contributed by atoms with Gasteiger partial charge in [-0.05, 0) is 39.0 Å². The summed E-state index contributed by atoms with van der Waals surface area (Å²) in [4.78, 5) is 16.4. The van der Waals surface area contributed by atoms with Crippen molar-refractivity contribution in [2.24, 2.45) is 5.92 Å². The van der Waals surface area contributed by atoms with Gasteiger partial charge in [-0.3, -0.25) is 4.79 Å². The molecule has 1 fully saturated rings. The van der Waals surface area contributed by atoms with Crippen LogP contribution in [-0.2, 0) is 0 Å². The summed E-state index contributed by atoms with van der Waals surface area (Å²) in [7, 11) is 0. The summed E-state index contributed by atoms with van der Waals surface area (Å²) in [5.41, 5.74) is -0.0366. The molecule has 1 N–H and O–H groups in total. The van der Waals surface area contributed by atoms with Gasteiger partial charge in [0.1, 0.15) is 0 Å². The van der Waals surface area contributed by atoms with Crippen molar-refractivity contribution in [3.05, 3.63) is 22.7 Å². The number of alkyl halides is 1. The van der Waals surface area contributed by atoms with E-state index in [1.807, 2.05) is 13.8 Å². The Morgan fingerprint density at radius 1 is 1.53 bits per heavy atom. The Bertz CT molecular complexity index is 472. The summed E-state index contributed by atoms with van der Waals surface area (Å²) in [5, 5.41) is 3.31. The SMILES string of the molecule is CC(C)n1ccnc(NC2CCCC(CCl)C2)c1=O. The van der Waals surface area contributed by atoms with Gasteiger partial charge in [0.05, 0.1) is 0 Å². The van der Waals surface area contributed by atoms with Gasteiger partial charge >= 0.3 is 0 Å². The highest BCUT2D eigenvalue weighted by molar-refractivity contribution is 6.18. The zero-order valence-corrected chi connectivity index (χ0v) is 12.4. The molecule has 2 rings (SSSR count). The van der Waals surface area contributed by atoms with E-state index in [0.29, 0.717) is 23.7 Å². The maximum Gasteiger partial charge on any atom is 0.293 e. The third-order valence-corrected chi connectivity index (χ3v) is 4.20. The lowest BCUT2D eigenvalue weighted by Gasteiger charge is -2.28. The second-order valence-electron chi connectivity index (χ2n) is 5.61. The number of aromatic nitrogens is 2. The molecule has 0 spiro atoms. The fourth-order valence-corrected chi connectivity index (χ4v) is 2.97. The van der Waals surface area contributed by atoms with E-state index in [9.17, 15) is 4.79 Å². The standard InChI is InChI=1S/C14H22ClN3O/c1-10(2)18-7-6-16-13(14(18)19)17-12-5-3-4-11(8-12)9-15/h6-7,10-12H,3-5,8-9H2,1-2H3,(H,16,17). The first-order valence-electron chi connectivity index (χ1n) is 7.01. The molecule has 2 atom stereocenters. The van der Waals surface area contributed by atoms with Crippen molar-refractivity contribution < 1.29 is 0 Å². The first-order valence-corrected chi connectivity index (χ1v) is 7.55. The third kappa shape index (κ3) is 3.50. The van der Waals surface area contributed by atoms with E-state index in [1.54, 1.807) is 17.0 Å².